The van der Waals surface area contributed by atoms with Crippen molar-refractivity contribution < 1.29 is 10.2 Å². The van der Waals surface area contributed by atoms with Crippen LogP contribution in [0.5, 0.6) is 11.5 Å². The van der Waals surface area contributed by atoms with Crippen LogP contribution in [0.25, 0.3) is 0 Å². The van der Waals surface area contributed by atoms with E-state index in [1.54, 1.807) is 18.2 Å². The molecule has 0 saturated carbocycles. The van der Waals surface area contributed by atoms with Crippen LogP contribution in [-0.4, -0.2) is 10.2 Å². The average molecular weight is 284 g/mol. The lowest BCUT2D eigenvalue weighted by molar-refractivity contribution is 0.447. The molecule has 0 aliphatic heterocycles. The van der Waals surface area contributed by atoms with E-state index in [1.165, 1.54) is 0 Å². The van der Waals surface area contributed by atoms with Crippen molar-refractivity contribution >= 4 is 0 Å². The fourth-order valence-corrected chi connectivity index (χ4v) is 1.95. The van der Waals surface area contributed by atoms with Crippen LogP contribution < -0.4 is 0 Å². The van der Waals surface area contributed by atoms with Crippen molar-refractivity contribution in [2.45, 2.75) is 32.6 Å². The Morgan fingerprint density at radius 3 is 1.86 bits per heavy atom. The van der Waals surface area contributed by atoms with Gasteiger partial charge in [0.15, 0.2) is 0 Å². The second-order valence-corrected chi connectivity index (χ2v) is 5.89. The van der Waals surface area contributed by atoms with Crippen LogP contribution in [0.2, 0.25) is 0 Å². The molecule has 0 aromatic heterocycles. The Bertz CT molecular complexity index is 580. The number of phenolic OH excluding ortho intramolecular Hbond substituents is 2. The highest BCUT2D eigenvalue weighted by Crippen LogP contribution is 2.29. The molecule has 0 spiro atoms. The van der Waals surface area contributed by atoms with Gasteiger partial charge in [-0.1, -0.05) is 63.2 Å². The largest absolute Gasteiger partial charge is 0.508 e. The van der Waals surface area contributed by atoms with Crippen LogP contribution in [0.15, 0.2) is 61.2 Å². The Hall–Kier alpha value is -2.22. The predicted molar refractivity (Wildman–Crippen MR) is 88.8 cm³/mol. The number of hydrogen-bond donors (Lipinski definition) is 2. The predicted octanol–water partition coefficient (Wildman–Crippen LogP) is 4.81. The number of allylic oxidation sites excluding steroid dienone is 1. The van der Waals surface area contributed by atoms with Crippen LogP contribution in [0.4, 0.5) is 0 Å². The van der Waals surface area contributed by atoms with Crippen LogP contribution >= 0.6 is 0 Å². The van der Waals surface area contributed by atoms with Crippen LogP contribution in [0.3, 0.4) is 0 Å². The molecule has 0 atom stereocenters. The molecule has 2 aromatic carbocycles. The Kier molecular flexibility index (Phi) is 6.04. The first kappa shape index (κ1) is 16.8. The molecule has 2 rings (SSSR count). The first-order chi connectivity index (χ1) is 9.86. The summed E-state index contributed by atoms with van der Waals surface area (Å²) in [6, 6.07) is 14.7. The molecule has 0 heterocycles. The average Bonchev–Trinajstić information content (AvgIpc) is 2.42. The fraction of sp³-hybridized carbons (Fsp3) is 0.263. The van der Waals surface area contributed by atoms with E-state index in [4.69, 9.17) is 0 Å². The maximum atomic E-state index is 9.45. The number of rotatable bonds is 2. The summed E-state index contributed by atoms with van der Waals surface area (Å²) >= 11 is 0. The summed E-state index contributed by atoms with van der Waals surface area (Å²) in [6.07, 6.45) is 2.50. The van der Waals surface area contributed by atoms with Crippen molar-refractivity contribution in [1.82, 2.24) is 0 Å². The monoisotopic (exact) mass is 284 g/mol. The first-order valence-electron chi connectivity index (χ1n) is 7.02. The Morgan fingerprint density at radius 1 is 0.905 bits per heavy atom. The zero-order chi connectivity index (χ0) is 15.9. The molecule has 2 nitrogen and oxygen atoms in total. The first-order valence-corrected chi connectivity index (χ1v) is 7.02. The topological polar surface area (TPSA) is 40.5 Å². The minimum absolute atomic E-state index is 0.0331. The highest BCUT2D eigenvalue weighted by atomic mass is 16.3. The summed E-state index contributed by atoms with van der Waals surface area (Å²) < 4.78 is 0. The molecule has 0 bridgehead atoms. The number of benzene rings is 2. The molecule has 2 heteroatoms. The van der Waals surface area contributed by atoms with Crippen molar-refractivity contribution in [3.05, 3.63) is 72.3 Å². The SMILES string of the molecule is C=CCc1ccccc1O.CC(C)(C)c1ccccc1O. The molecule has 0 fully saturated rings. The summed E-state index contributed by atoms with van der Waals surface area (Å²) in [5.74, 6) is 0.738. The van der Waals surface area contributed by atoms with Crippen molar-refractivity contribution in [3.8, 4) is 11.5 Å². The van der Waals surface area contributed by atoms with Crippen molar-refractivity contribution in [3.63, 3.8) is 0 Å². The minimum atomic E-state index is 0.0331. The van der Waals surface area contributed by atoms with E-state index < -0.39 is 0 Å². The van der Waals surface area contributed by atoms with Gasteiger partial charge in [0.1, 0.15) is 11.5 Å². The van der Waals surface area contributed by atoms with Gasteiger partial charge in [0.05, 0.1) is 0 Å². The van der Waals surface area contributed by atoms with Gasteiger partial charge >= 0.3 is 0 Å². The van der Waals surface area contributed by atoms with Crippen molar-refractivity contribution in [2.24, 2.45) is 0 Å². The molecule has 112 valence electrons. The van der Waals surface area contributed by atoms with Crippen molar-refractivity contribution in [1.29, 1.82) is 0 Å². The molecule has 21 heavy (non-hydrogen) atoms. The third-order valence-corrected chi connectivity index (χ3v) is 3.07. The van der Waals surface area contributed by atoms with Crippen LogP contribution in [0, 0.1) is 0 Å². The number of phenols is 2. The summed E-state index contributed by atoms with van der Waals surface area (Å²) in [7, 11) is 0. The lowest BCUT2D eigenvalue weighted by Gasteiger charge is -2.19. The highest BCUT2D eigenvalue weighted by Gasteiger charge is 2.16. The highest BCUT2D eigenvalue weighted by molar-refractivity contribution is 5.36. The summed E-state index contributed by atoms with van der Waals surface area (Å²) in [5, 5.41) is 18.6. The molecule has 2 aromatic rings. The smallest absolute Gasteiger partial charge is 0.119 e. The quantitative estimate of drug-likeness (QED) is 0.777. The van der Waals surface area contributed by atoms with Gasteiger partial charge in [-0.05, 0) is 35.1 Å². The van der Waals surface area contributed by atoms with E-state index in [-0.39, 0.29) is 5.41 Å². The van der Waals surface area contributed by atoms with E-state index in [2.05, 4.69) is 27.4 Å². The van der Waals surface area contributed by atoms with E-state index in [9.17, 15) is 10.2 Å². The molecule has 0 amide bonds. The molecular weight excluding hydrogens is 260 g/mol. The molecule has 0 aliphatic carbocycles. The Balaban J connectivity index is 0.000000211. The standard InChI is InChI=1S/C10H14O.C9H10O/c1-10(2,3)8-6-4-5-7-9(8)11;1-2-5-8-6-3-4-7-9(8)10/h4-7,11H,1-3H3;2-4,6-7,10H,1,5H2. The van der Waals surface area contributed by atoms with Gasteiger partial charge in [-0.3, -0.25) is 0 Å². The second kappa shape index (κ2) is 7.53. The normalized spacial score (nSPS) is 10.4. The molecule has 0 saturated heterocycles. The van der Waals surface area contributed by atoms with Gasteiger partial charge in [-0.25, -0.2) is 0 Å². The summed E-state index contributed by atoms with van der Waals surface area (Å²) in [6.45, 7) is 9.84. The third-order valence-electron chi connectivity index (χ3n) is 3.07. The lowest BCUT2D eigenvalue weighted by Crippen LogP contribution is -2.10. The van der Waals surface area contributed by atoms with E-state index in [0.29, 0.717) is 11.5 Å². The summed E-state index contributed by atoms with van der Waals surface area (Å²) in [4.78, 5) is 0. The zero-order valence-electron chi connectivity index (χ0n) is 13.0. The van der Waals surface area contributed by atoms with E-state index in [1.807, 2.05) is 36.4 Å². The van der Waals surface area contributed by atoms with Gasteiger partial charge in [0.25, 0.3) is 0 Å². The molecular formula is C19H24O2. The zero-order valence-corrected chi connectivity index (χ0v) is 13.0. The molecule has 2 N–H and O–H groups in total. The van der Waals surface area contributed by atoms with Gasteiger partial charge in [0.2, 0.25) is 0 Å². The minimum Gasteiger partial charge on any atom is -0.508 e. The number of aromatic hydroxyl groups is 2. The maximum absolute atomic E-state index is 9.45. The van der Waals surface area contributed by atoms with Gasteiger partial charge in [-0.2, -0.15) is 0 Å². The molecule has 0 radical (unpaired) electrons. The van der Waals surface area contributed by atoms with E-state index in [0.717, 1.165) is 17.5 Å². The molecule has 0 unspecified atom stereocenters. The molecule has 0 aliphatic rings. The lowest BCUT2D eigenvalue weighted by atomic mass is 9.86. The van der Waals surface area contributed by atoms with Crippen molar-refractivity contribution in [2.75, 3.05) is 0 Å². The summed E-state index contributed by atoms with van der Waals surface area (Å²) in [5.41, 5.74) is 1.96. The van der Waals surface area contributed by atoms with Gasteiger partial charge in [-0.15, -0.1) is 6.58 Å². The maximum Gasteiger partial charge on any atom is 0.119 e. The van der Waals surface area contributed by atoms with Gasteiger partial charge < -0.3 is 10.2 Å². The van der Waals surface area contributed by atoms with Crippen LogP contribution in [0.1, 0.15) is 31.9 Å². The third kappa shape index (κ3) is 5.35. The van der Waals surface area contributed by atoms with E-state index >= 15 is 0 Å². The van der Waals surface area contributed by atoms with Gasteiger partial charge in [0, 0.05) is 0 Å². The number of hydrogen-bond acceptors (Lipinski definition) is 2. The van der Waals surface area contributed by atoms with Crippen LogP contribution in [-0.2, 0) is 11.8 Å². The fourth-order valence-electron chi connectivity index (χ4n) is 1.95. The Labute approximate surface area is 127 Å². The Morgan fingerprint density at radius 2 is 1.43 bits per heavy atom. The second-order valence-electron chi connectivity index (χ2n) is 5.89. The number of para-hydroxylation sites is 2.